The first-order chi connectivity index (χ1) is 13.3. The van der Waals surface area contributed by atoms with Gasteiger partial charge in [0.15, 0.2) is 0 Å². The van der Waals surface area contributed by atoms with Crippen molar-refractivity contribution in [1.29, 1.82) is 5.26 Å². The summed E-state index contributed by atoms with van der Waals surface area (Å²) in [6.45, 7) is 0.139. The number of nitrogens with zero attached hydrogens (tertiary/aromatic N) is 2. The first-order valence-corrected chi connectivity index (χ1v) is 10.0. The van der Waals surface area contributed by atoms with Crippen LogP contribution in [0.2, 0.25) is 0 Å². The zero-order valence-corrected chi connectivity index (χ0v) is 15.5. The molecule has 0 aliphatic carbocycles. The Kier molecular flexibility index (Phi) is 5.72. The van der Waals surface area contributed by atoms with Crippen molar-refractivity contribution in [3.8, 4) is 6.07 Å². The molecule has 1 amide bonds. The van der Waals surface area contributed by atoms with Crippen molar-refractivity contribution in [1.82, 2.24) is 4.31 Å². The van der Waals surface area contributed by atoms with E-state index in [4.69, 9.17) is 5.26 Å². The SMILES string of the molecule is N#Cc1ccccc1S(=O)(=O)N1CCC(C(=O)Nc2c(F)cccc2F)CC1. The van der Waals surface area contributed by atoms with Crippen LogP contribution >= 0.6 is 0 Å². The smallest absolute Gasteiger partial charge is 0.244 e. The fourth-order valence-electron chi connectivity index (χ4n) is 3.12. The summed E-state index contributed by atoms with van der Waals surface area (Å²) in [7, 11) is -3.87. The van der Waals surface area contributed by atoms with E-state index in [1.807, 2.05) is 6.07 Å². The third-order valence-electron chi connectivity index (χ3n) is 4.66. The van der Waals surface area contributed by atoms with Gasteiger partial charge in [-0.05, 0) is 37.1 Å². The highest BCUT2D eigenvalue weighted by Crippen LogP contribution is 2.27. The van der Waals surface area contributed by atoms with Gasteiger partial charge in [0.1, 0.15) is 23.4 Å². The van der Waals surface area contributed by atoms with Gasteiger partial charge in [0.2, 0.25) is 15.9 Å². The number of nitrogens with one attached hydrogen (secondary N) is 1. The Balaban J connectivity index is 1.69. The number of rotatable bonds is 4. The molecule has 1 heterocycles. The van der Waals surface area contributed by atoms with Crippen LogP contribution in [0.25, 0.3) is 0 Å². The lowest BCUT2D eigenvalue weighted by molar-refractivity contribution is -0.121. The van der Waals surface area contributed by atoms with Crippen LogP contribution in [0.5, 0.6) is 0 Å². The van der Waals surface area contributed by atoms with E-state index in [-0.39, 0.29) is 36.4 Å². The van der Waals surface area contributed by atoms with Crippen LogP contribution in [-0.4, -0.2) is 31.7 Å². The Bertz CT molecular complexity index is 1020. The molecule has 0 unspecified atom stereocenters. The summed E-state index contributed by atoms with van der Waals surface area (Å²) in [5.74, 6) is -2.88. The number of hydrogen-bond acceptors (Lipinski definition) is 4. The molecular formula is C19H17F2N3O3S. The van der Waals surface area contributed by atoms with E-state index in [0.29, 0.717) is 0 Å². The van der Waals surface area contributed by atoms with E-state index in [0.717, 1.165) is 12.1 Å². The third-order valence-corrected chi connectivity index (χ3v) is 6.62. The fraction of sp³-hybridized carbons (Fsp3) is 0.263. The molecule has 0 saturated carbocycles. The molecule has 1 aliphatic rings. The number of piperidine rings is 1. The van der Waals surface area contributed by atoms with Crippen molar-refractivity contribution in [3.63, 3.8) is 0 Å². The van der Waals surface area contributed by atoms with E-state index in [2.05, 4.69) is 5.32 Å². The Morgan fingerprint density at radius 1 is 1.07 bits per heavy atom. The maximum Gasteiger partial charge on any atom is 0.244 e. The number of halogens is 2. The standard InChI is InChI=1S/C19H17F2N3O3S/c20-15-5-3-6-16(21)18(15)23-19(25)13-8-10-24(11-9-13)28(26,27)17-7-2-1-4-14(17)12-22/h1-7,13H,8-11H2,(H,23,25). The minimum absolute atomic E-state index is 0.0531. The van der Waals surface area contributed by atoms with E-state index in [9.17, 15) is 22.0 Å². The van der Waals surface area contributed by atoms with Crippen LogP contribution in [0.4, 0.5) is 14.5 Å². The van der Waals surface area contributed by atoms with Gasteiger partial charge in [0.25, 0.3) is 0 Å². The number of amides is 1. The lowest BCUT2D eigenvalue weighted by Gasteiger charge is -2.30. The van der Waals surface area contributed by atoms with Gasteiger partial charge in [-0.25, -0.2) is 17.2 Å². The van der Waals surface area contributed by atoms with Crippen LogP contribution in [0, 0.1) is 28.9 Å². The largest absolute Gasteiger partial charge is 0.321 e. The van der Waals surface area contributed by atoms with Gasteiger partial charge in [-0.1, -0.05) is 18.2 Å². The number of benzene rings is 2. The fourth-order valence-corrected chi connectivity index (χ4v) is 4.74. The van der Waals surface area contributed by atoms with E-state index in [1.54, 1.807) is 6.07 Å². The molecular weight excluding hydrogens is 388 g/mol. The molecule has 1 aliphatic heterocycles. The van der Waals surface area contributed by atoms with Gasteiger partial charge < -0.3 is 5.32 Å². The first kappa shape index (κ1) is 19.9. The van der Waals surface area contributed by atoms with E-state index >= 15 is 0 Å². The van der Waals surface area contributed by atoms with Gasteiger partial charge in [0.05, 0.1) is 10.5 Å². The molecule has 1 saturated heterocycles. The summed E-state index contributed by atoms with van der Waals surface area (Å²) < 4.78 is 54.2. The highest BCUT2D eigenvalue weighted by molar-refractivity contribution is 7.89. The van der Waals surface area contributed by atoms with Gasteiger partial charge in [-0.3, -0.25) is 4.79 Å². The second kappa shape index (κ2) is 8.04. The highest BCUT2D eigenvalue weighted by Gasteiger charge is 2.33. The number of carbonyl (C=O) groups excluding carboxylic acids is 1. The average Bonchev–Trinajstić information content (AvgIpc) is 2.70. The van der Waals surface area contributed by atoms with Gasteiger partial charge in [-0.2, -0.15) is 9.57 Å². The summed E-state index contributed by atoms with van der Waals surface area (Å²) >= 11 is 0. The van der Waals surface area contributed by atoms with Crippen LogP contribution in [0.1, 0.15) is 18.4 Å². The molecule has 1 N–H and O–H groups in total. The van der Waals surface area contributed by atoms with Crippen LogP contribution in [0.3, 0.4) is 0 Å². The molecule has 0 radical (unpaired) electrons. The summed E-state index contributed by atoms with van der Waals surface area (Å²) in [4.78, 5) is 12.3. The molecule has 0 aromatic heterocycles. The van der Waals surface area contributed by atoms with Crippen molar-refractivity contribution in [2.75, 3.05) is 18.4 Å². The third kappa shape index (κ3) is 3.88. The summed E-state index contributed by atoms with van der Waals surface area (Å²) in [6, 6.07) is 11.1. The number of hydrogen-bond donors (Lipinski definition) is 1. The molecule has 3 rings (SSSR count). The predicted molar refractivity (Wildman–Crippen MR) is 97.6 cm³/mol. The number of nitriles is 1. The van der Waals surface area contributed by atoms with Crippen molar-refractivity contribution >= 4 is 21.6 Å². The van der Waals surface area contributed by atoms with Gasteiger partial charge in [-0.15, -0.1) is 0 Å². The number of carbonyl (C=O) groups is 1. The average molecular weight is 405 g/mol. The van der Waals surface area contributed by atoms with Crippen molar-refractivity contribution < 1.29 is 22.0 Å². The van der Waals surface area contributed by atoms with Crippen molar-refractivity contribution in [3.05, 3.63) is 59.7 Å². The minimum Gasteiger partial charge on any atom is -0.321 e. The van der Waals surface area contributed by atoms with E-state index in [1.165, 1.54) is 28.6 Å². The minimum atomic E-state index is -3.87. The molecule has 146 valence electrons. The Hall–Kier alpha value is -2.83. The maximum atomic E-state index is 13.7. The summed E-state index contributed by atoms with van der Waals surface area (Å²) in [5.41, 5.74) is -0.456. The number of anilines is 1. The zero-order valence-electron chi connectivity index (χ0n) is 14.7. The maximum absolute atomic E-state index is 13.7. The van der Waals surface area contributed by atoms with Crippen molar-refractivity contribution in [2.45, 2.75) is 17.7 Å². The molecule has 9 heteroatoms. The Morgan fingerprint density at radius 3 is 2.29 bits per heavy atom. The highest BCUT2D eigenvalue weighted by atomic mass is 32.2. The molecule has 1 fully saturated rings. The molecule has 0 bridgehead atoms. The number of sulfonamides is 1. The normalized spacial score (nSPS) is 15.8. The Morgan fingerprint density at radius 2 is 1.68 bits per heavy atom. The lowest BCUT2D eigenvalue weighted by atomic mass is 9.97. The van der Waals surface area contributed by atoms with E-state index < -0.39 is 39.2 Å². The topological polar surface area (TPSA) is 90.3 Å². The van der Waals surface area contributed by atoms with Crippen LogP contribution in [0.15, 0.2) is 47.4 Å². The Labute approximate surface area is 161 Å². The van der Waals surface area contributed by atoms with Crippen LogP contribution in [-0.2, 0) is 14.8 Å². The van der Waals surface area contributed by atoms with Gasteiger partial charge >= 0.3 is 0 Å². The van der Waals surface area contributed by atoms with Crippen molar-refractivity contribution in [2.24, 2.45) is 5.92 Å². The lowest BCUT2D eigenvalue weighted by Crippen LogP contribution is -2.41. The molecule has 2 aromatic rings. The summed E-state index contributed by atoms with van der Waals surface area (Å²) in [6.07, 6.45) is 0.408. The monoisotopic (exact) mass is 405 g/mol. The molecule has 2 aromatic carbocycles. The summed E-state index contributed by atoms with van der Waals surface area (Å²) in [5, 5.41) is 11.4. The molecule has 0 atom stereocenters. The predicted octanol–water partition coefficient (Wildman–Crippen LogP) is 2.88. The quantitative estimate of drug-likeness (QED) is 0.847. The first-order valence-electron chi connectivity index (χ1n) is 8.58. The van der Waals surface area contributed by atoms with Gasteiger partial charge in [0, 0.05) is 19.0 Å². The molecule has 6 nitrogen and oxygen atoms in total. The second-order valence-electron chi connectivity index (χ2n) is 6.37. The zero-order chi connectivity index (χ0) is 20.3. The number of para-hydroxylation sites is 1. The molecule has 28 heavy (non-hydrogen) atoms. The molecule has 0 spiro atoms. The van der Waals surface area contributed by atoms with Crippen LogP contribution < -0.4 is 5.32 Å². The second-order valence-corrected chi connectivity index (χ2v) is 8.28.